The van der Waals surface area contributed by atoms with Gasteiger partial charge in [0, 0.05) is 15.5 Å². The zero-order valence-corrected chi connectivity index (χ0v) is 13.5. The molecule has 2 rings (SSSR count). The summed E-state index contributed by atoms with van der Waals surface area (Å²) in [5, 5.41) is 3.61. The number of nitrogens with zero attached hydrogens (tertiary/aromatic N) is 1. The van der Waals surface area contributed by atoms with E-state index in [1.54, 1.807) is 0 Å². The lowest BCUT2D eigenvalue weighted by Gasteiger charge is -2.19. The van der Waals surface area contributed by atoms with Crippen LogP contribution < -0.4 is 5.32 Å². The van der Waals surface area contributed by atoms with Crippen molar-refractivity contribution in [3.05, 3.63) is 63.0 Å². The van der Waals surface area contributed by atoms with E-state index in [2.05, 4.69) is 76.2 Å². The molecule has 3 heteroatoms. The maximum absolute atomic E-state index is 4.41. The highest BCUT2D eigenvalue weighted by Gasteiger charge is 2.13. The average molecular weight is 366 g/mol. The van der Waals surface area contributed by atoms with Crippen LogP contribution in [0, 0.1) is 10.5 Å². The summed E-state index contributed by atoms with van der Waals surface area (Å²) in [6, 6.07) is 13.1. The predicted molar refractivity (Wildman–Crippen MR) is 88.3 cm³/mol. The largest absolute Gasteiger partial charge is 0.306 e. The van der Waals surface area contributed by atoms with Crippen molar-refractivity contribution < 1.29 is 0 Å². The van der Waals surface area contributed by atoms with Gasteiger partial charge in [-0.05, 0) is 71.8 Å². The number of rotatable bonds is 5. The molecule has 0 aliphatic carbocycles. The van der Waals surface area contributed by atoms with Crippen LogP contribution in [0.5, 0.6) is 0 Å². The van der Waals surface area contributed by atoms with E-state index in [-0.39, 0.29) is 6.04 Å². The molecule has 0 spiro atoms. The number of pyridine rings is 1. The van der Waals surface area contributed by atoms with Crippen molar-refractivity contribution in [3.8, 4) is 0 Å². The third kappa shape index (κ3) is 4.01. The Bertz CT molecular complexity index is 523. The number of benzene rings is 1. The van der Waals surface area contributed by atoms with Gasteiger partial charge in [0.2, 0.25) is 0 Å². The van der Waals surface area contributed by atoms with Crippen LogP contribution in [0.15, 0.2) is 42.6 Å². The van der Waals surface area contributed by atoms with E-state index in [0.29, 0.717) is 0 Å². The van der Waals surface area contributed by atoms with E-state index in [1.165, 1.54) is 14.7 Å². The van der Waals surface area contributed by atoms with Crippen molar-refractivity contribution in [2.75, 3.05) is 6.54 Å². The summed E-state index contributed by atoms with van der Waals surface area (Å²) < 4.78 is 1.26. The number of halogens is 1. The van der Waals surface area contributed by atoms with Crippen molar-refractivity contribution in [2.45, 2.75) is 26.3 Å². The van der Waals surface area contributed by atoms with Gasteiger partial charge >= 0.3 is 0 Å². The first kappa shape index (κ1) is 14.5. The number of hydrogen-bond donors (Lipinski definition) is 1. The summed E-state index contributed by atoms with van der Waals surface area (Å²) in [7, 11) is 0. The minimum atomic E-state index is 0.225. The molecule has 100 valence electrons. The fraction of sp³-hybridized carbons (Fsp3) is 0.312. The van der Waals surface area contributed by atoms with Gasteiger partial charge in [0.1, 0.15) is 0 Å². The van der Waals surface area contributed by atoms with E-state index in [1.807, 2.05) is 13.1 Å². The molecule has 19 heavy (non-hydrogen) atoms. The first-order chi connectivity index (χ1) is 9.20. The van der Waals surface area contributed by atoms with E-state index in [0.717, 1.165) is 18.7 Å². The first-order valence-electron chi connectivity index (χ1n) is 6.62. The van der Waals surface area contributed by atoms with Crippen LogP contribution >= 0.6 is 22.6 Å². The molecule has 1 unspecified atom stereocenters. The molecule has 1 aromatic carbocycles. The fourth-order valence-corrected chi connectivity index (χ4v) is 2.62. The van der Waals surface area contributed by atoms with E-state index >= 15 is 0 Å². The highest BCUT2D eigenvalue weighted by Crippen LogP contribution is 2.23. The third-order valence-electron chi connectivity index (χ3n) is 3.05. The van der Waals surface area contributed by atoms with Crippen LogP contribution in [-0.4, -0.2) is 11.5 Å². The summed E-state index contributed by atoms with van der Waals surface area (Å²) >= 11 is 2.36. The topological polar surface area (TPSA) is 24.9 Å². The van der Waals surface area contributed by atoms with Gasteiger partial charge in [-0.25, -0.2) is 0 Å². The maximum Gasteiger partial charge on any atom is 0.0592 e. The van der Waals surface area contributed by atoms with Gasteiger partial charge in [-0.3, -0.25) is 4.98 Å². The molecule has 0 aliphatic rings. The van der Waals surface area contributed by atoms with Gasteiger partial charge in [0.05, 0.1) is 6.04 Å². The second-order valence-corrected chi connectivity index (χ2v) is 5.92. The van der Waals surface area contributed by atoms with Crippen molar-refractivity contribution in [1.82, 2.24) is 10.3 Å². The highest BCUT2D eigenvalue weighted by atomic mass is 127. The Morgan fingerprint density at radius 2 is 2.05 bits per heavy atom. The Labute approximate surface area is 128 Å². The molecule has 2 aromatic rings. The number of hydrogen-bond acceptors (Lipinski definition) is 2. The van der Waals surface area contributed by atoms with Crippen LogP contribution in [0.1, 0.15) is 36.2 Å². The van der Waals surface area contributed by atoms with Crippen molar-refractivity contribution in [3.63, 3.8) is 0 Å². The maximum atomic E-state index is 4.41. The SMILES string of the molecule is CCCNC(c1ccc(C)nc1)c1cccc(I)c1. The second-order valence-electron chi connectivity index (χ2n) is 4.68. The van der Waals surface area contributed by atoms with Gasteiger partial charge in [-0.15, -0.1) is 0 Å². The van der Waals surface area contributed by atoms with E-state index in [4.69, 9.17) is 0 Å². The molecular formula is C16H19IN2. The second kappa shape index (κ2) is 7.01. The Morgan fingerprint density at radius 3 is 2.68 bits per heavy atom. The molecule has 0 saturated carbocycles. The highest BCUT2D eigenvalue weighted by molar-refractivity contribution is 14.1. The molecule has 0 fully saturated rings. The molecule has 1 N–H and O–H groups in total. The molecule has 1 aromatic heterocycles. The lowest BCUT2D eigenvalue weighted by atomic mass is 10.00. The minimum absolute atomic E-state index is 0.225. The Hall–Kier alpha value is -0.940. The smallest absolute Gasteiger partial charge is 0.0592 e. The summed E-state index contributed by atoms with van der Waals surface area (Å²) in [5.41, 5.74) is 3.58. The molecule has 0 radical (unpaired) electrons. The Morgan fingerprint density at radius 1 is 1.21 bits per heavy atom. The lowest BCUT2D eigenvalue weighted by Crippen LogP contribution is -2.23. The molecule has 1 atom stereocenters. The normalized spacial score (nSPS) is 12.4. The van der Waals surface area contributed by atoms with Gasteiger partial charge in [-0.1, -0.05) is 25.1 Å². The number of aromatic nitrogens is 1. The van der Waals surface area contributed by atoms with Gasteiger partial charge in [0.15, 0.2) is 0 Å². The molecule has 0 saturated heterocycles. The van der Waals surface area contributed by atoms with Gasteiger partial charge in [-0.2, -0.15) is 0 Å². The van der Waals surface area contributed by atoms with Crippen LogP contribution in [-0.2, 0) is 0 Å². The van der Waals surface area contributed by atoms with Crippen LogP contribution in [0.25, 0.3) is 0 Å². The lowest BCUT2D eigenvalue weighted by molar-refractivity contribution is 0.596. The zero-order valence-electron chi connectivity index (χ0n) is 11.4. The molecule has 1 heterocycles. The first-order valence-corrected chi connectivity index (χ1v) is 7.70. The predicted octanol–water partition coefficient (Wildman–Crippen LogP) is 4.08. The summed E-state index contributed by atoms with van der Waals surface area (Å²) in [4.78, 5) is 4.41. The molecule has 0 bridgehead atoms. The van der Waals surface area contributed by atoms with Gasteiger partial charge < -0.3 is 5.32 Å². The average Bonchev–Trinajstić information content (AvgIpc) is 2.41. The quantitative estimate of drug-likeness (QED) is 0.807. The number of nitrogens with one attached hydrogen (secondary N) is 1. The molecule has 0 aliphatic heterocycles. The Kier molecular flexibility index (Phi) is 5.34. The summed E-state index contributed by atoms with van der Waals surface area (Å²) in [6.45, 7) is 5.21. The van der Waals surface area contributed by atoms with Crippen molar-refractivity contribution >= 4 is 22.6 Å². The van der Waals surface area contributed by atoms with Crippen LogP contribution in [0.2, 0.25) is 0 Å². The van der Waals surface area contributed by atoms with Crippen LogP contribution in [0.3, 0.4) is 0 Å². The molecular weight excluding hydrogens is 347 g/mol. The number of aryl methyl sites for hydroxylation is 1. The van der Waals surface area contributed by atoms with Gasteiger partial charge in [0.25, 0.3) is 0 Å². The molecule has 2 nitrogen and oxygen atoms in total. The third-order valence-corrected chi connectivity index (χ3v) is 3.72. The minimum Gasteiger partial charge on any atom is -0.306 e. The monoisotopic (exact) mass is 366 g/mol. The standard InChI is InChI=1S/C16H19IN2/c1-3-9-18-16(13-5-4-6-15(17)10-13)14-8-7-12(2)19-11-14/h4-8,10-11,16,18H,3,9H2,1-2H3. The van der Waals surface area contributed by atoms with E-state index in [9.17, 15) is 0 Å². The summed E-state index contributed by atoms with van der Waals surface area (Å²) in [6.07, 6.45) is 3.10. The molecule has 0 amide bonds. The fourth-order valence-electron chi connectivity index (χ4n) is 2.05. The van der Waals surface area contributed by atoms with Crippen molar-refractivity contribution in [2.24, 2.45) is 0 Å². The van der Waals surface area contributed by atoms with Crippen molar-refractivity contribution in [1.29, 1.82) is 0 Å². The van der Waals surface area contributed by atoms with E-state index < -0.39 is 0 Å². The van der Waals surface area contributed by atoms with Crippen LogP contribution in [0.4, 0.5) is 0 Å². The Balaban J connectivity index is 2.32. The zero-order chi connectivity index (χ0) is 13.7. The summed E-state index contributed by atoms with van der Waals surface area (Å²) in [5.74, 6) is 0.